The zero-order chi connectivity index (χ0) is 14.5. The normalized spacial score (nSPS) is 14.0. The highest BCUT2D eigenvalue weighted by Crippen LogP contribution is 2.26. The van der Waals surface area contributed by atoms with E-state index in [1.165, 1.54) is 22.3 Å². The highest BCUT2D eigenvalue weighted by atomic mass is 14.9. The molecule has 2 atom stereocenters. The van der Waals surface area contributed by atoms with Crippen molar-refractivity contribution in [3.63, 3.8) is 0 Å². The predicted molar refractivity (Wildman–Crippen MR) is 87.1 cm³/mol. The Bertz CT molecular complexity index is 545. The Hall–Kier alpha value is -1.60. The lowest BCUT2D eigenvalue weighted by atomic mass is 9.93. The zero-order valence-electron chi connectivity index (χ0n) is 13.0. The lowest BCUT2D eigenvalue weighted by Gasteiger charge is -2.25. The van der Waals surface area contributed by atoms with Crippen molar-refractivity contribution >= 4 is 0 Å². The first-order valence-electron chi connectivity index (χ1n) is 7.50. The van der Waals surface area contributed by atoms with Crippen LogP contribution in [-0.4, -0.2) is 6.04 Å². The molecule has 0 aliphatic heterocycles. The maximum atomic E-state index is 3.77. The molecule has 20 heavy (non-hydrogen) atoms. The SMILES string of the molecule is CCC(C)NC(c1ccccc1)c1cc(C)ccc1C. The molecule has 0 saturated heterocycles. The van der Waals surface area contributed by atoms with Crippen LogP contribution in [0.2, 0.25) is 0 Å². The van der Waals surface area contributed by atoms with Gasteiger partial charge >= 0.3 is 0 Å². The van der Waals surface area contributed by atoms with Crippen LogP contribution >= 0.6 is 0 Å². The molecule has 0 radical (unpaired) electrons. The summed E-state index contributed by atoms with van der Waals surface area (Å²) in [4.78, 5) is 0. The molecule has 0 heterocycles. The third kappa shape index (κ3) is 3.49. The maximum absolute atomic E-state index is 3.77. The fourth-order valence-electron chi connectivity index (χ4n) is 2.48. The van der Waals surface area contributed by atoms with Gasteiger partial charge in [0.2, 0.25) is 0 Å². The Morgan fingerprint density at radius 3 is 2.35 bits per heavy atom. The van der Waals surface area contributed by atoms with Crippen LogP contribution in [0.15, 0.2) is 48.5 Å². The van der Waals surface area contributed by atoms with E-state index in [4.69, 9.17) is 0 Å². The molecule has 0 amide bonds. The summed E-state index contributed by atoms with van der Waals surface area (Å²) >= 11 is 0. The molecule has 2 rings (SSSR count). The summed E-state index contributed by atoms with van der Waals surface area (Å²) in [5, 5.41) is 3.77. The van der Waals surface area contributed by atoms with Crippen molar-refractivity contribution in [1.29, 1.82) is 0 Å². The van der Waals surface area contributed by atoms with E-state index in [0.717, 1.165) is 6.42 Å². The Morgan fingerprint density at radius 1 is 1.00 bits per heavy atom. The first-order valence-corrected chi connectivity index (χ1v) is 7.50. The Morgan fingerprint density at radius 2 is 1.70 bits per heavy atom. The smallest absolute Gasteiger partial charge is 0.0581 e. The second-order valence-corrected chi connectivity index (χ2v) is 5.68. The number of benzene rings is 2. The summed E-state index contributed by atoms with van der Waals surface area (Å²) in [6.07, 6.45) is 1.13. The highest BCUT2D eigenvalue weighted by molar-refractivity contribution is 5.39. The Balaban J connectivity index is 2.43. The van der Waals surface area contributed by atoms with E-state index in [1.807, 2.05) is 0 Å². The van der Waals surface area contributed by atoms with Crippen LogP contribution in [0.1, 0.15) is 48.6 Å². The van der Waals surface area contributed by atoms with Gasteiger partial charge in [-0.2, -0.15) is 0 Å². The van der Waals surface area contributed by atoms with Crippen LogP contribution < -0.4 is 5.32 Å². The van der Waals surface area contributed by atoms with Crippen molar-refractivity contribution in [3.05, 3.63) is 70.8 Å². The van der Waals surface area contributed by atoms with Gasteiger partial charge in [-0.3, -0.25) is 0 Å². The lowest BCUT2D eigenvalue weighted by Crippen LogP contribution is -2.31. The van der Waals surface area contributed by atoms with Crippen molar-refractivity contribution < 1.29 is 0 Å². The average molecular weight is 267 g/mol. The molecular formula is C19H25N. The average Bonchev–Trinajstić information content (AvgIpc) is 2.48. The minimum Gasteiger partial charge on any atom is -0.304 e. The minimum absolute atomic E-state index is 0.269. The lowest BCUT2D eigenvalue weighted by molar-refractivity contribution is 0.486. The van der Waals surface area contributed by atoms with Crippen LogP contribution in [0.5, 0.6) is 0 Å². The molecule has 0 aliphatic carbocycles. The fraction of sp³-hybridized carbons (Fsp3) is 0.368. The molecule has 1 nitrogen and oxygen atoms in total. The van der Waals surface area contributed by atoms with E-state index in [9.17, 15) is 0 Å². The van der Waals surface area contributed by atoms with Crippen LogP contribution in [0.4, 0.5) is 0 Å². The van der Waals surface area contributed by atoms with Gasteiger partial charge in [0.05, 0.1) is 6.04 Å². The van der Waals surface area contributed by atoms with Crippen molar-refractivity contribution in [3.8, 4) is 0 Å². The van der Waals surface area contributed by atoms with Gasteiger partial charge in [0.15, 0.2) is 0 Å². The molecular weight excluding hydrogens is 242 g/mol. The number of aryl methyl sites for hydroxylation is 2. The van der Waals surface area contributed by atoms with E-state index in [-0.39, 0.29) is 6.04 Å². The second kappa shape index (κ2) is 6.71. The van der Waals surface area contributed by atoms with Crippen LogP contribution in [-0.2, 0) is 0 Å². The number of rotatable bonds is 5. The second-order valence-electron chi connectivity index (χ2n) is 5.68. The van der Waals surface area contributed by atoms with E-state index in [2.05, 4.69) is 81.5 Å². The number of hydrogen-bond donors (Lipinski definition) is 1. The monoisotopic (exact) mass is 267 g/mol. The molecule has 2 unspecified atom stereocenters. The molecule has 2 aromatic carbocycles. The number of nitrogens with one attached hydrogen (secondary N) is 1. The van der Waals surface area contributed by atoms with Crippen molar-refractivity contribution in [2.24, 2.45) is 0 Å². The molecule has 0 aromatic heterocycles. The van der Waals surface area contributed by atoms with Gasteiger partial charge in [-0.1, -0.05) is 61.0 Å². The quantitative estimate of drug-likeness (QED) is 0.822. The third-order valence-electron chi connectivity index (χ3n) is 3.94. The van der Waals surface area contributed by atoms with Crippen LogP contribution in [0, 0.1) is 13.8 Å². The van der Waals surface area contributed by atoms with Gasteiger partial charge in [0.1, 0.15) is 0 Å². The molecule has 2 aromatic rings. The van der Waals surface area contributed by atoms with Gasteiger partial charge in [0, 0.05) is 6.04 Å². The first-order chi connectivity index (χ1) is 9.61. The summed E-state index contributed by atoms with van der Waals surface area (Å²) in [7, 11) is 0. The molecule has 0 saturated carbocycles. The van der Waals surface area contributed by atoms with E-state index >= 15 is 0 Å². The summed E-state index contributed by atoms with van der Waals surface area (Å²) in [6.45, 7) is 8.83. The summed E-state index contributed by atoms with van der Waals surface area (Å²) in [6, 6.07) is 18.2. The minimum atomic E-state index is 0.269. The molecule has 1 N–H and O–H groups in total. The van der Waals surface area contributed by atoms with Crippen molar-refractivity contribution in [2.45, 2.75) is 46.2 Å². The predicted octanol–water partition coefficient (Wildman–Crippen LogP) is 4.78. The molecule has 1 heteroatoms. The maximum Gasteiger partial charge on any atom is 0.0581 e. The van der Waals surface area contributed by atoms with Crippen molar-refractivity contribution in [2.75, 3.05) is 0 Å². The standard InChI is InChI=1S/C19H25N/c1-5-16(4)20-19(17-9-7-6-8-10-17)18-13-14(2)11-12-15(18)3/h6-13,16,19-20H,5H2,1-4H3. The van der Waals surface area contributed by atoms with E-state index in [0.29, 0.717) is 6.04 Å². The molecule has 0 aliphatic rings. The van der Waals surface area contributed by atoms with Crippen LogP contribution in [0.3, 0.4) is 0 Å². The fourth-order valence-corrected chi connectivity index (χ4v) is 2.48. The van der Waals surface area contributed by atoms with Gasteiger partial charge in [0.25, 0.3) is 0 Å². The summed E-state index contributed by atoms with van der Waals surface area (Å²) in [5.74, 6) is 0. The topological polar surface area (TPSA) is 12.0 Å². The van der Waals surface area contributed by atoms with E-state index in [1.54, 1.807) is 0 Å². The summed E-state index contributed by atoms with van der Waals surface area (Å²) in [5.41, 5.74) is 5.38. The highest BCUT2D eigenvalue weighted by Gasteiger charge is 2.17. The zero-order valence-corrected chi connectivity index (χ0v) is 13.0. The third-order valence-corrected chi connectivity index (χ3v) is 3.94. The van der Waals surface area contributed by atoms with Gasteiger partial charge in [-0.15, -0.1) is 0 Å². The molecule has 106 valence electrons. The largest absolute Gasteiger partial charge is 0.304 e. The van der Waals surface area contributed by atoms with Crippen LogP contribution in [0.25, 0.3) is 0 Å². The van der Waals surface area contributed by atoms with Gasteiger partial charge < -0.3 is 5.32 Å². The van der Waals surface area contributed by atoms with Gasteiger partial charge in [-0.05, 0) is 43.9 Å². The number of hydrogen-bond acceptors (Lipinski definition) is 1. The summed E-state index contributed by atoms with van der Waals surface area (Å²) < 4.78 is 0. The molecule has 0 spiro atoms. The van der Waals surface area contributed by atoms with E-state index < -0.39 is 0 Å². The Labute approximate surface area is 123 Å². The Kier molecular flexibility index (Phi) is 4.97. The molecule has 0 fully saturated rings. The first kappa shape index (κ1) is 14.8. The molecule has 0 bridgehead atoms. The van der Waals surface area contributed by atoms with Gasteiger partial charge in [-0.25, -0.2) is 0 Å². The van der Waals surface area contributed by atoms with Crippen molar-refractivity contribution in [1.82, 2.24) is 5.32 Å².